The average Bonchev–Trinajstić information content (AvgIpc) is 3.21. The van der Waals surface area contributed by atoms with Gasteiger partial charge in [0.25, 0.3) is 0 Å². The molecule has 4 rings (SSSR count). The van der Waals surface area contributed by atoms with Gasteiger partial charge in [0, 0.05) is 13.1 Å². The first-order valence-electron chi connectivity index (χ1n) is 10.1. The van der Waals surface area contributed by atoms with Gasteiger partial charge in [-0.3, -0.25) is 4.57 Å². The van der Waals surface area contributed by atoms with Crippen LogP contribution in [0.4, 0.5) is 5.95 Å². The number of hydrogen-bond acceptors (Lipinski definition) is 5. The number of nitrogens with zero attached hydrogens (tertiary/aromatic N) is 5. The van der Waals surface area contributed by atoms with Crippen LogP contribution >= 0.6 is 0 Å². The van der Waals surface area contributed by atoms with Gasteiger partial charge in [0.2, 0.25) is 5.95 Å². The fraction of sp³-hybridized carbons (Fsp3) is 0.292. The van der Waals surface area contributed by atoms with Gasteiger partial charge in [0.15, 0.2) is 5.82 Å². The molecular formula is C24H25N5O. The first-order chi connectivity index (χ1) is 14.6. The molecule has 0 saturated carbocycles. The molecule has 0 N–H and O–H groups in total. The number of para-hydroxylation sites is 1. The van der Waals surface area contributed by atoms with Crippen LogP contribution in [-0.4, -0.2) is 41.1 Å². The number of anilines is 1. The highest BCUT2D eigenvalue weighted by atomic mass is 16.5. The van der Waals surface area contributed by atoms with Gasteiger partial charge in [-0.15, -0.1) is 10.2 Å². The zero-order valence-electron chi connectivity index (χ0n) is 17.6. The summed E-state index contributed by atoms with van der Waals surface area (Å²) in [7, 11) is 0. The molecule has 2 heterocycles. The second-order valence-corrected chi connectivity index (χ2v) is 7.56. The molecule has 6 nitrogen and oxygen atoms in total. The number of nitriles is 1. The summed E-state index contributed by atoms with van der Waals surface area (Å²) >= 11 is 0. The Bertz CT molecular complexity index is 1120. The molecule has 3 aromatic rings. The highest BCUT2D eigenvalue weighted by Crippen LogP contribution is 2.27. The van der Waals surface area contributed by atoms with Gasteiger partial charge < -0.3 is 9.64 Å². The maximum Gasteiger partial charge on any atom is 0.232 e. The fourth-order valence-corrected chi connectivity index (χ4v) is 3.67. The number of allylic oxidation sites excluding steroid dienone is 1. The summed E-state index contributed by atoms with van der Waals surface area (Å²) in [6.45, 7) is 9.04. The molecule has 0 atom stereocenters. The molecule has 2 aromatic carbocycles. The van der Waals surface area contributed by atoms with E-state index in [2.05, 4.69) is 54.1 Å². The lowest BCUT2D eigenvalue weighted by atomic mass is 9.99. The Morgan fingerprint density at radius 1 is 1.00 bits per heavy atom. The number of benzene rings is 2. The van der Waals surface area contributed by atoms with Crippen LogP contribution in [-0.2, 0) is 4.74 Å². The van der Waals surface area contributed by atoms with E-state index in [1.807, 2.05) is 41.0 Å². The van der Waals surface area contributed by atoms with Crippen LogP contribution in [0.25, 0.3) is 17.3 Å². The number of aromatic nitrogens is 3. The minimum absolute atomic E-state index is 0.484. The van der Waals surface area contributed by atoms with Crippen LogP contribution in [0.2, 0.25) is 0 Å². The van der Waals surface area contributed by atoms with E-state index < -0.39 is 0 Å². The van der Waals surface area contributed by atoms with Crippen molar-refractivity contribution in [2.45, 2.75) is 20.8 Å². The number of ether oxygens (including phenoxy) is 1. The van der Waals surface area contributed by atoms with Crippen LogP contribution in [0.15, 0.2) is 42.5 Å². The topological polar surface area (TPSA) is 67.0 Å². The Morgan fingerprint density at radius 2 is 1.70 bits per heavy atom. The second kappa shape index (κ2) is 8.52. The quantitative estimate of drug-likeness (QED) is 0.618. The molecule has 152 valence electrons. The molecule has 0 aliphatic carbocycles. The summed E-state index contributed by atoms with van der Waals surface area (Å²) in [5.74, 6) is 1.28. The molecule has 0 amide bonds. The van der Waals surface area contributed by atoms with E-state index in [1.165, 1.54) is 11.1 Å². The molecule has 0 bridgehead atoms. The highest BCUT2D eigenvalue weighted by Gasteiger charge is 2.23. The van der Waals surface area contributed by atoms with E-state index >= 15 is 0 Å². The zero-order chi connectivity index (χ0) is 21.1. The molecular weight excluding hydrogens is 374 g/mol. The lowest BCUT2D eigenvalue weighted by Crippen LogP contribution is -2.38. The predicted molar refractivity (Wildman–Crippen MR) is 119 cm³/mol. The Hall–Kier alpha value is -3.43. The third-order valence-electron chi connectivity index (χ3n) is 5.50. The Kier molecular flexibility index (Phi) is 5.64. The first kappa shape index (κ1) is 19.9. The van der Waals surface area contributed by atoms with Crippen LogP contribution in [0.3, 0.4) is 0 Å². The summed E-state index contributed by atoms with van der Waals surface area (Å²) in [5.41, 5.74) is 6.00. The third kappa shape index (κ3) is 3.85. The van der Waals surface area contributed by atoms with Gasteiger partial charge in [-0.05, 0) is 61.2 Å². The SMILES string of the molecule is Cc1cc(C)c(/C=C(\C#N)c2nnc(N3CCOCC3)n2-c2ccccc2)cc1C. The molecule has 1 fully saturated rings. The molecule has 1 aliphatic heterocycles. The van der Waals surface area contributed by atoms with Crippen molar-refractivity contribution in [3.05, 3.63) is 70.5 Å². The predicted octanol–water partition coefficient (Wildman–Crippen LogP) is 4.09. The van der Waals surface area contributed by atoms with Crippen molar-refractivity contribution in [3.63, 3.8) is 0 Å². The molecule has 1 aromatic heterocycles. The maximum atomic E-state index is 10.0. The van der Waals surface area contributed by atoms with Crippen LogP contribution < -0.4 is 4.90 Å². The molecule has 0 spiro atoms. The normalized spacial score (nSPS) is 14.6. The summed E-state index contributed by atoms with van der Waals surface area (Å²) in [4.78, 5) is 2.16. The Labute approximate surface area is 177 Å². The number of rotatable bonds is 4. The first-order valence-corrected chi connectivity index (χ1v) is 10.1. The molecule has 1 saturated heterocycles. The minimum atomic E-state index is 0.484. The zero-order valence-corrected chi connectivity index (χ0v) is 17.6. The molecule has 0 unspecified atom stereocenters. The lowest BCUT2D eigenvalue weighted by Gasteiger charge is -2.28. The third-order valence-corrected chi connectivity index (χ3v) is 5.50. The van der Waals surface area contributed by atoms with Crippen molar-refractivity contribution in [1.82, 2.24) is 14.8 Å². The number of aryl methyl sites for hydroxylation is 3. The van der Waals surface area contributed by atoms with Crippen molar-refractivity contribution in [1.29, 1.82) is 5.26 Å². The van der Waals surface area contributed by atoms with E-state index in [1.54, 1.807) is 0 Å². The van der Waals surface area contributed by atoms with Crippen molar-refractivity contribution in [2.24, 2.45) is 0 Å². The van der Waals surface area contributed by atoms with Gasteiger partial charge >= 0.3 is 0 Å². The summed E-state index contributed by atoms with van der Waals surface area (Å²) in [6, 6.07) is 16.6. The number of morpholine rings is 1. The lowest BCUT2D eigenvalue weighted by molar-refractivity contribution is 0.122. The van der Waals surface area contributed by atoms with Crippen molar-refractivity contribution in [3.8, 4) is 11.8 Å². The molecule has 6 heteroatoms. The van der Waals surface area contributed by atoms with E-state index in [9.17, 15) is 5.26 Å². The van der Waals surface area contributed by atoms with E-state index in [0.717, 1.165) is 35.9 Å². The summed E-state index contributed by atoms with van der Waals surface area (Å²) in [5, 5.41) is 18.9. The van der Waals surface area contributed by atoms with Crippen molar-refractivity contribution in [2.75, 3.05) is 31.2 Å². The molecule has 30 heavy (non-hydrogen) atoms. The van der Waals surface area contributed by atoms with E-state index in [-0.39, 0.29) is 0 Å². The smallest absolute Gasteiger partial charge is 0.232 e. The monoisotopic (exact) mass is 399 g/mol. The summed E-state index contributed by atoms with van der Waals surface area (Å²) in [6.07, 6.45) is 1.91. The molecule has 0 radical (unpaired) electrons. The largest absolute Gasteiger partial charge is 0.378 e. The van der Waals surface area contributed by atoms with E-state index in [0.29, 0.717) is 24.6 Å². The van der Waals surface area contributed by atoms with E-state index in [4.69, 9.17) is 4.74 Å². The van der Waals surface area contributed by atoms with Gasteiger partial charge in [-0.25, -0.2) is 0 Å². The fourth-order valence-electron chi connectivity index (χ4n) is 3.67. The summed E-state index contributed by atoms with van der Waals surface area (Å²) < 4.78 is 7.46. The van der Waals surface area contributed by atoms with Gasteiger partial charge in [0.05, 0.1) is 24.5 Å². The molecule has 1 aliphatic rings. The highest BCUT2D eigenvalue weighted by molar-refractivity contribution is 5.88. The number of hydrogen-bond donors (Lipinski definition) is 0. The van der Waals surface area contributed by atoms with Crippen LogP contribution in [0.1, 0.15) is 28.1 Å². The van der Waals surface area contributed by atoms with Crippen molar-refractivity contribution >= 4 is 17.6 Å². The average molecular weight is 399 g/mol. The van der Waals surface area contributed by atoms with Crippen LogP contribution in [0, 0.1) is 32.1 Å². The minimum Gasteiger partial charge on any atom is -0.378 e. The Morgan fingerprint density at radius 3 is 2.40 bits per heavy atom. The van der Waals surface area contributed by atoms with Gasteiger partial charge in [0.1, 0.15) is 6.07 Å². The Balaban J connectivity index is 1.86. The maximum absolute atomic E-state index is 10.0. The van der Waals surface area contributed by atoms with Gasteiger partial charge in [-0.1, -0.05) is 30.3 Å². The van der Waals surface area contributed by atoms with Crippen molar-refractivity contribution < 1.29 is 4.74 Å². The standard InChI is InChI=1S/C24H25N5O/c1-17-13-19(3)20(14-18(17)2)15-21(16-25)23-26-27-24(28-9-11-30-12-10-28)29(23)22-7-5-4-6-8-22/h4-8,13-15H,9-12H2,1-3H3/b21-15+. The van der Waals surface area contributed by atoms with Crippen LogP contribution in [0.5, 0.6) is 0 Å². The second-order valence-electron chi connectivity index (χ2n) is 7.56. The van der Waals surface area contributed by atoms with Gasteiger partial charge in [-0.2, -0.15) is 5.26 Å².